The molecular weight excluding hydrogens is 701 g/mol. The van der Waals surface area contributed by atoms with Crippen molar-refractivity contribution < 1.29 is 27.6 Å². The van der Waals surface area contributed by atoms with Crippen molar-refractivity contribution in [3.05, 3.63) is 88.2 Å². The second-order valence-corrected chi connectivity index (χ2v) is 14.8. The van der Waals surface area contributed by atoms with Gasteiger partial charge in [0.05, 0.1) is 22.6 Å². The Balaban J connectivity index is 0.874. The molecule has 1 unspecified atom stereocenters. The van der Waals surface area contributed by atoms with Gasteiger partial charge >= 0.3 is 5.69 Å². The van der Waals surface area contributed by atoms with Crippen molar-refractivity contribution in [1.82, 2.24) is 34.1 Å². The number of imidazole rings is 1. The lowest BCUT2D eigenvalue weighted by Gasteiger charge is -2.38. The third kappa shape index (κ3) is 6.80. The summed E-state index contributed by atoms with van der Waals surface area (Å²) < 4.78 is 47.1. The van der Waals surface area contributed by atoms with Crippen molar-refractivity contribution in [2.24, 2.45) is 13.0 Å². The molecule has 2 aliphatic heterocycles. The molecule has 1 saturated carbocycles. The third-order valence-electron chi connectivity index (χ3n) is 11.4. The number of nitrogens with one attached hydrogen (secondary N) is 2. The number of amides is 3. The maximum atomic E-state index is 16.1. The molecule has 2 N–H and O–H groups in total. The molecule has 3 atom stereocenters. The summed E-state index contributed by atoms with van der Waals surface area (Å²) in [5, 5.41) is 10.7. The molecular formula is C39H41F3N8O4. The van der Waals surface area contributed by atoms with Crippen LogP contribution in [0.1, 0.15) is 91.1 Å². The Kier molecular flexibility index (Phi) is 9.58. The molecule has 12 nitrogen and oxygen atoms in total. The van der Waals surface area contributed by atoms with Gasteiger partial charge in [0, 0.05) is 49.7 Å². The number of piperidine rings is 2. The number of hydrogen-bond donors (Lipinski definition) is 2. The molecule has 3 amide bonds. The van der Waals surface area contributed by atoms with E-state index in [1.165, 1.54) is 27.3 Å². The molecule has 2 saturated heterocycles. The second kappa shape index (κ2) is 14.5. The highest BCUT2D eigenvalue weighted by molar-refractivity contribution is 6.04. The molecule has 0 radical (unpaired) electrons. The second-order valence-electron chi connectivity index (χ2n) is 14.8. The normalized spacial score (nSPS) is 24.0. The van der Waals surface area contributed by atoms with Gasteiger partial charge in [-0.3, -0.25) is 33.5 Å². The van der Waals surface area contributed by atoms with E-state index in [9.17, 15) is 28.0 Å². The number of carbonyl (C=O) groups is 3. The predicted molar refractivity (Wildman–Crippen MR) is 195 cm³/mol. The average Bonchev–Trinajstić information content (AvgIpc) is 3.70. The Bertz CT molecular complexity index is 2310. The highest BCUT2D eigenvalue weighted by atomic mass is 19.3. The van der Waals surface area contributed by atoms with Gasteiger partial charge in [0.2, 0.25) is 11.8 Å². The van der Waals surface area contributed by atoms with E-state index in [4.69, 9.17) is 5.10 Å². The van der Waals surface area contributed by atoms with Crippen molar-refractivity contribution in [3.8, 4) is 0 Å². The van der Waals surface area contributed by atoms with E-state index in [1.807, 2.05) is 35.1 Å². The number of nitrogens with zero attached hydrogens (tertiary/aromatic N) is 6. The number of aromatic nitrogens is 5. The number of imide groups is 1. The van der Waals surface area contributed by atoms with E-state index < -0.39 is 36.1 Å². The van der Waals surface area contributed by atoms with Crippen molar-refractivity contribution in [3.63, 3.8) is 0 Å². The maximum absolute atomic E-state index is 16.1. The molecule has 2 aromatic carbocycles. The smallest absolute Gasteiger partial charge is 0.321 e. The van der Waals surface area contributed by atoms with Crippen LogP contribution in [0.5, 0.6) is 0 Å². The number of para-hydroxylation sites is 1. The van der Waals surface area contributed by atoms with E-state index in [-0.39, 0.29) is 42.1 Å². The third-order valence-corrected chi connectivity index (χ3v) is 11.4. The van der Waals surface area contributed by atoms with Gasteiger partial charge in [-0.05, 0) is 92.9 Å². The molecule has 282 valence electrons. The van der Waals surface area contributed by atoms with Gasteiger partial charge in [-0.2, -0.15) is 5.10 Å². The van der Waals surface area contributed by atoms with Crippen LogP contribution in [0.25, 0.3) is 21.9 Å². The summed E-state index contributed by atoms with van der Waals surface area (Å²) >= 11 is 0. The minimum absolute atomic E-state index is 0.0864. The van der Waals surface area contributed by atoms with Crippen LogP contribution in [0.4, 0.5) is 18.9 Å². The Morgan fingerprint density at radius 1 is 1.00 bits per heavy atom. The standard InChI is InChI=1S/C39H41F3N8O4/c1-47-35-27(4-2-7-32(35)50(39(47)54)33-14-15-34(51)45-38(33)53)26-16-17-48(21-28(26)40)19-22-8-11-25(12-9-22)49-20-23-18-24(10-13-29(23)46-49)43-37(52)31-6-3-5-30(44-31)36(41)42/h2-7,10,13,18,20,22,25-26,28,33,36H,8-9,11-12,14-17,19,21H2,1H3,(H,43,52)(H,45,51,53)/t22-,25-,26-,28+,33?/m0/s1. The summed E-state index contributed by atoms with van der Waals surface area (Å²) in [6.45, 7) is 1.86. The van der Waals surface area contributed by atoms with Crippen LogP contribution in [0.3, 0.4) is 0 Å². The van der Waals surface area contributed by atoms with Crippen LogP contribution in [0.15, 0.2) is 65.6 Å². The quantitative estimate of drug-likeness (QED) is 0.192. The topological polar surface area (TPSA) is 136 Å². The molecule has 3 aromatic heterocycles. The first kappa shape index (κ1) is 35.7. The minimum atomic E-state index is -2.77. The van der Waals surface area contributed by atoms with E-state index >= 15 is 4.39 Å². The van der Waals surface area contributed by atoms with Gasteiger partial charge in [-0.25, -0.2) is 22.9 Å². The average molecular weight is 743 g/mol. The molecule has 54 heavy (non-hydrogen) atoms. The summed E-state index contributed by atoms with van der Waals surface area (Å²) in [6, 6.07) is 14.2. The van der Waals surface area contributed by atoms with Crippen LogP contribution in [-0.2, 0) is 16.6 Å². The number of alkyl halides is 3. The number of benzene rings is 2. The summed E-state index contributed by atoms with van der Waals surface area (Å²) in [5.41, 5.74) is 2.38. The Hall–Kier alpha value is -5.31. The minimum Gasteiger partial charge on any atom is -0.321 e. The lowest BCUT2D eigenvalue weighted by Crippen LogP contribution is -2.44. The van der Waals surface area contributed by atoms with Crippen LogP contribution in [0, 0.1) is 5.92 Å². The van der Waals surface area contributed by atoms with Crippen molar-refractivity contribution in [1.29, 1.82) is 0 Å². The van der Waals surface area contributed by atoms with Crippen LogP contribution in [-0.4, -0.2) is 72.3 Å². The van der Waals surface area contributed by atoms with E-state index in [0.29, 0.717) is 35.6 Å². The van der Waals surface area contributed by atoms with Gasteiger partial charge < -0.3 is 10.2 Å². The van der Waals surface area contributed by atoms with Gasteiger partial charge in [0.1, 0.15) is 23.6 Å². The number of halogens is 3. The SMILES string of the molecule is Cn1c(=O)n(C2CCC(=O)NC2=O)c2cccc([C@@H]3CCN(C[C@H]4CC[C@H](n5cc6cc(NC(=O)c7cccc(C(F)F)n7)ccc6n5)CC4)C[C@H]3F)c21. The van der Waals surface area contributed by atoms with Crippen molar-refractivity contribution in [2.45, 2.75) is 75.5 Å². The Labute approximate surface area is 308 Å². The van der Waals surface area contributed by atoms with E-state index in [1.54, 1.807) is 19.2 Å². The molecule has 5 aromatic rings. The fraction of sp³-hybridized carbons (Fsp3) is 0.436. The number of pyridine rings is 1. The van der Waals surface area contributed by atoms with Crippen molar-refractivity contribution in [2.75, 3.05) is 25.0 Å². The summed E-state index contributed by atoms with van der Waals surface area (Å²) in [7, 11) is 1.65. The molecule has 3 fully saturated rings. The van der Waals surface area contributed by atoms with Crippen LogP contribution >= 0.6 is 0 Å². The zero-order valence-electron chi connectivity index (χ0n) is 29.8. The number of hydrogen-bond acceptors (Lipinski definition) is 7. The van der Waals surface area contributed by atoms with Gasteiger partial charge in [0.15, 0.2) is 0 Å². The lowest BCUT2D eigenvalue weighted by atomic mass is 9.83. The summed E-state index contributed by atoms with van der Waals surface area (Å²) in [5.74, 6) is -1.37. The lowest BCUT2D eigenvalue weighted by molar-refractivity contribution is -0.135. The number of aryl methyl sites for hydroxylation is 1. The van der Waals surface area contributed by atoms with Gasteiger partial charge in [-0.1, -0.05) is 18.2 Å². The van der Waals surface area contributed by atoms with Crippen LogP contribution in [0.2, 0.25) is 0 Å². The van der Waals surface area contributed by atoms with Gasteiger partial charge in [0.25, 0.3) is 12.3 Å². The van der Waals surface area contributed by atoms with Gasteiger partial charge in [-0.15, -0.1) is 0 Å². The Morgan fingerprint density at radius 2 is 1.80 bits per heavy atom. The maximum Gasteiger partial charge on any atom is 0.329 e. The van der Waals surface area contributed by atoms with Crippen LogP contribution < -0.4 is 16.3 Å². The number of carbonyl (C=O) groups excluding carboxylic acids is 3. The number of likely N-dealkylation sites (tertiary alicyclic amines) is 1. The zero-order chi connectivity index (χ0) is 37.7. The molecule has 0 spiro atoms. The first-order valence-corrected chi connectivity index (χ1v) is 18.5. The number of fused-ring (bicyclic) bond motifs is 2. The molecule has 5 heterocycles. The first-order valence-electron chi connectivity index (χ1n) is 18.5. The fourth-order valence-electron chi connectivity index (χ4n) is 8.64. The van der Waals surface area contributed by atoms with E-state index in [0.717, 1.165) is 55.2 Å². The Morgan fingerprint density at radius 3 is 2.56 bits per heavy atom. The zero-order valence-corrected chi connectivity index (χ0v) is 29.8. The molecule has 0 bridgehead atoms. The predicted octanol–water partition coefficient (Wildman–Crippen LogP) is 5.81. The number of anilines is 1. The highest BCUT2D eigenvalue weighted by Crippen LogP contribution is 2.38. The molecule has 15 heteroatoms. The first-order chi connectivity index (χ1) is 26.0. The largest absolute Gasteiger partial charge is 0.329 e. The van der Waals surface area contributed by atoms with E-state index in [2.05, 4.69) is 20.5 Å². The monoisotopic (exact) mass is 742 g/mol. The highest BCUT2D eigenvalue weighted by Gasteiger charge is 2.36. The fourth-order valence-corrected chi connectivity index (χ4v) is 8.64. The number of rotatable bonds is 8. The summed E-state index contributed by atoms with van der Waals surface area (Å²) in [6.07, 6.45) is 2.92. The molecule has 8 rings (SSSR count). The molecule has 1 aliphatic carbocycles. The van der Waals surface area contributed by atoms with Crippen molar-refractivity contribution >= 4 is 45.3 Å². The summed E-state index contributed by atoms with van der Waals surface area (Å²) in [4.78, 5) is 56.5. The molecule has 3 aliphatic rings.